The molecule has 116 valence electrons. The van der Waals surface area contributed by atoms with Gasteiger partial charge in [0.2, 0.25) is 0 Å². The van der Waals surface area contributed by atoms with Crippen molar-refractivity contribution in [2.24, 2.45) is 0 Å². The van der Waals surface area contributed by atoms with E-state index >= 15 is 0 Å². The fraction of sp³-hybridized carbons (Fsp3) is 0.562. The second-order valence-corrected chi connectivity index (χ2v) is 5.81. The molecule has 0 saturated heterocycles. The summed E-state index contributed by atoms with van der Waals surface area (Å²) in [6, 6.07) is 5.13. The van der Waals surface area contributed by atoms with E-state index in [1.807, 2.05) is 6.92 Å². The lowest BCUT2D eigenvalue weighted by Crippen LogP contribution is -2.35. The Labute approximate surface area is 130 Å². The molecule has 1 aliphatic carbocycles. The lowest BCUT2D eigenvalue weighted by Gasteiger charge is -2.26. The van der Waals surface area contributed by atoms with Crippen LogP contribution in [0.15, 0.2) is 18.2 Å². The van der Waals surface area contributed by atoms with Crippen LogP contribution in [0.2, 0.25) is 5.02 Å². The molecule has 1 saturated carbocycles. The smallest absolute Gasteiger partial charge is 0.253 e. The monoisotopic (exact) mass is 311 g/mol. The number of aliphatic hydroxyl groups is 1. The van der Waals surface area contributed by atoms with E-state index < -0.39 is 0 Å². The zero-order chi connectivity index (χ0) is 15.2. The third kappa shape index (κ3) is 4.35. The molecule has 0 spiro atoms. The zero-order valence-electron chi connectivity index (χ0n) is 12.3. The number of carbonyl (C=O) groups is 1. The van der Waals surface area contributed by atoms with Crippen molar-refractivity contribution >= 4 is 17.5 Å². The van der Waals surface area contributed by atoms with Crippen molar-refractivity contribution in [3.63, 3.8) is 0 Å². The Hall–Kier alpha value is -1.26. The summed E-state index contributed by atoms with van der Waals surface area (Å²) in [5.74, 6) is 0.499. The van der Waals surface area contributed by atoms with Gasteiger partial charge in [-0.2, -0.15) is 0 Å². The number of carbonyl (C=O) groups excluding carboxylic acids is 1. The molecule has 0 heterocycles. The molecule has 2 rings (SSSR count). The first-order chi connectivity index (χ1) is 10.1. The van der Waals surface area contributed by atoms with Crippen LogP contribution in [-0.4, -0.2) is 29.8 Å². The Morgan fingerprint density at radius 2 is 2.29 bits per heavy atom. The van der Waals surface area contributed by atoms with E-state index in [-0.39, 0.29) is 24.7 Å². The van der Waals surface area contributed by atoms with Gasteiger partial charge in [-0.3, -0.25) is 4.79 Å². The SMILES string of the molecule is CCC(CCO)NC(=O)c1ccc(OC2CCC2)cc1Cl. The highest BCUT2D eigenvalue weighted by molar-refractivity contribution is 6.34. The van der Waals surface area contributed by atoms with Gasteiger partial charge in [-0.1, -0.05) is 18.5 Å². The molecular weight excluding hydrogens is 290 g/mol. The van der Waals surface area contributed by atoms with Gasteiger partial charge in [0.15, 0.2) is 0 Å². The van der Waals surface area contributed by atoms with E-state index in [1.165, 1.54) is 6.42 Å². The van der Waals surface area contributed by atoms with Gasteiger partial charge in [-0.05, 0) is 50.3 Å². The van der Waals surface area contributed by atoms with E-state index in [2.05, 4.69) is 5.32 Å². The largest absolute Gasteiger partial charge is 0.490 e. The molecule has 1 aromatic rings. The van der Waals surface area contributed by atoms with E-state index in [0.717, 1.165) is 19.3 Å². The first-order valence-corrected chi connectivity index (χ1v) is 7.89. The highest BCUT2D eigenvalue weighted by atomic mass is 35.5. The quantitative estimate of drug-likeness (QED) is 0.813. The minimum absolute atomic E-state index is 0.0375. The Bertz CT molecular complexity index is 488. The van der Waals surface area contributed by atoms with E-state index in [0.29, 0.717) is 22.8 Å². The van der Waals surface area contributed by atoms with Crippen LogP contribution in [0.4, 0.5) is 0 Å². The predicted molar refractivity (Wildman–Crippen MR) is 83.0 cm³/mol. The van der Waals surface area contributed by atoms with Gasteiger partial charge in [-0.25, -0.2) is 0 Å². The number of aliphatic hydroxyl groups excluding tert-OH is 1. The summed E-state index contributed by atoms with van der Waals surface area (Å²) in [6.07, 6.45) is 4.98. The molecule has 0 aliphatic heterocycles. The Morgan fingerprint density at radius 1 is 1.52 bits per heavy atom. The first-order valence-electron chi connectivity index (χ1n) is 7.52. The molecular formula is C16H22ClNO3. The third-order valence-electron chi connectivity index (χ3n) is 3.85. The van der Waals surface area contributed by atoms with Gasteiger partial charge >= 0.3 is 0 Å². The summed E-state index contributed by atoms with van der Waals surface area (Å²) < 4.78 is 5.76. The maximum absolute atomic E-state index is 12.2. The number of hydrogen-bond donors (Lipinski definition) is 2. The van der Waals surface area contributed by atoms with Crippen molar-refractivity contribution in [2.75, 3.05) is 6.61 Å². The standard InChI is InChI=1S/C16H22ClNO3/c1-2-11(8-9-19)18-16(20)14-7-6-13(10-15(14)17)21-12-4-3-5-12/h6-7,10-12,19H,2-5,8-9H2,1H3,(H,18,20). The van der Waals surface area contributed by atoms with Crippen molar-refractivity contribution in [2.45, 2.75) is 51.2 Å². The van der Waals surface area contributed by atoms with Crippen molar-refractivity contribution < 1.29 is 14.6 Å². The number of rotatable bonds is 7. The van der Waals surface area contributed by atoms with E-state index in [1.54, 1.807) is 18.2 Å². The molecule has 4 nitrogen and oxygen atoms in total. The normalized spacial score (nSPS) is 16.1. The Balaban J connectivity index is 1.99. The average molecular weight is 312 g/mol. The summed E-state index contributed by atoms with van der Waals surface area (Å²) in [5.41, 5.74) is 0.439. The lowest BCUT2D eigenvalue weighted by atomic mass is 9.96. The van der Waals surface area contributed by atoms with Crippen LogP contribution >= 0.6 is 11.6 Å². The number of halogens is 1. The van der Waals surface area contributed by atoms with Gasteiger partial charge in [-0.15, -0.1) is 0 Å². The van der Waals surface area contributed by atoms with Crippen LogP contribution in [0.3, 0.4) is 0 Å². The fourth-order valence-electron chi connectivity index (χ4n) is 2.23. The predicted octanol–water partition coefficient (Wildman–Crippen LogP) is 3.16. The fourth-order valence-corrected chi connectivity index (χ4v) is 2.49. The molecule has 1 aliphatic rings. The summed E-state index contributed by atoms with van der Waals surface area (Å²) in [7, 11) is 0. The topological polar surface area (TPSA) is 58.6 Å². The van der Waals surface area contributed by atoms with Crippen molar-refractivity contribution in [1.29, 1.82) is 0 Å². The van der Waals surface area contributed by atoms with Crippen LogP contribution in [0.1, 0.15) is 49.4 Å². The van der Waals surface area contributed by atoms with E-state index in [9.17, 15) is 4.79 Å². The number of amides is 1. The molecule has 1 amide bonds. The Kier molecular flexibility index (Phi) is 5.88. The summed E-state index contributed by atoms with van der Waals surface area (Å²) >= 11 is 6.18. The van der Waals surface area contributed by atoms with Crippen LogP contribution < -0.4 is 10.1 Å². The highest BCUT2D eigenvalue weighted by Gasteiger charge is 2.20. The molecule has 2 N–H and O–H groups in total. The molecule has 1 fully saturated rings. The van der Waals surface area contributed by atoms with Crippen molar-refractivity contribution in [3.8, 4) is 5.75 Å². The molecule has 1 aromatic carbocycles. The second-order valence-electron chi connectivity index (χ2n) is 5.40. The van der Waals surface area contributed by atoms with Crippen LogP contribution in [0.25, 0.3) is 0 Å². The number of benzene rings is 1. The van der Waals surface area contributed by atoms with Gasteiger partial charge < -0.3 is 15.2 Å². The van der Waals surface area contributed by atoms with Crippen LogP contribution in [0.5, 0.6) is 5.75 Å². The van der Waals surface area contributed by atoms with Crippen molar-refractivity contribution in [3.05, 3.63) is 28.8 Å². The van der Waals surface area contributed by atoms with Crippen LogP contribution in [-0.2, 0) is 0 Å². The molecule has 21 heavy (non-hydrogen) atoms. The summed E-state index contributed by atoms with van der Waals surface area (Å²) in [6.45, 7) is 2.03. The minimum Gasteiger partial charge on any atom is -0.490 e. The number of hydrogen-bond acceptors (Lipinski definition) is 3. The van der Waals surface area contributed by atoms with E-state index in [4.69, 9.17) is 21.4 Å². The molecule has 0 aromatic heterocycles. The number of ether oxygens (including phenoxy) is 1. The first kappa shape index (κ1) is 16.1. The summed E-state index contributed by atoms with van der Waals surface area (Å²) in [4.78, 5) is 12.2. The minimum atomic E-state index is -0.213. The maximum atomic E-state index is 12.2. The number of nitrogens with one attached hydrogen (secondary N) is 1. The molecule has 0 bridgehead atoms. The highest BCUT2D eigenvalue weighted by Crippen LogP contribution is 2.28. The van der Waals surface area contributed by atoms with Gasteiger partial charge in [0.1, 0.15) is 5.75 Å². The Morgan fingerprint density at radius 3 is 2.81 bits per heavy atom. The molecule has 1 atom stereocenters. The van der Waals surface area contributed by atoms with Crippen LogP contribution in [0, 0.1) is 0 Å². The third-order valence-corrected chi connectivity index (χ3v) is 4.16. The van der Waals surface area contributed by atoms with Crippen molar-refractivity contribution in [1.82, 2.24) is 5.32 Å². The molecule has 1 unspecified atom stereocenters. The maximum Gasteiger partial charge on any atom is 0.253 e. The van der Waals surface area contributed by atoms with Gasteiger partial charge in [0.25, 0.3) is 5.91 Å². The summed E-state index contributed by atoms with van der Waals surface area (Å²) in [5, 5.41) is 12.2. The lowest BCUT2D eigenvalue weighted by molar-refractivity contribution is 0.0929. The van der Waals surface area contributed by atoms with Gasteiger partial charge in [0.05, 0.1) is 16.7 Å². The second kappa shape index (κ2) is 7.66. The average Bonchev–Trinajstić information content (AvgIpc) is 2.42. The zero-order valence-corrected chi connectivity index (χ0v) is 13.0. The molecule has 0 radical (unpaired) electrons. The molecule has 5 heteroatoms. The van der Waals surface area contributed by atoms with Gasteiger partial charge in [0, 0.05) is 12.6 Å².